The summed E-state index contributed by atoms with van der Waals surface area (Å²) >= 11 is 0. The highest BCUT2D eigenvalue weighted by molar-refractivity contribution is 5.75. The minimum absolute atomic E-state index is 0.111. The molecule has 5 nitrogen and oxygen atoms in total. The summed E-state index contributed by atoms with van der Waals surface area (Å²) in [4.78, 5) is 22.2. The number of para-hydroxylation sites is 1. The van der Waals surface area contributed by atoms with E-state index < -0.39 is 17.5 Å². The monoisotopic (exact) mass is 266 g/mol. The fraction of sp³-hybridized carbons (Fsp3) is 0.429. The van der Waals surface area contributed by atoms with Crippen molar-refractivity contribution in [2.75, 3.05) is 0 Å². The third-order valence-electron chi connectivity index (χ3n) is 1.86. The number of carbonyl (C=O) groups excluding carboxylic acids is 2. The molecule has 1 aromatic rings. The van der Waals surface area contributed by atoms with Crippen molar-refractivity contribution >= 4 is 11.9 Å². The molecule has 0 saturated carbocycles. The maximum absolute atomic E-state index is 11.2. The van der Waals surface area contributed by atoms with Crippen molar-refractivity contribution in [1.82, 2.24) is 0 Å². The maximum Gasteiger partial charge on any atom is 0.308 e. The third-order valence-corrected chi connectivity index (χ3v) is 1.86. The molecule has 0 aromatic heterocycles. The van der Waals surface area contributed by atoms with Crippen LogP contribution in [-0.2, 0) is 9.59 Å². The van der Waals surface area contributed by atoms with E-state index in [0.717, 1.165) is 0 Å². The maximum atomic E-state index is 11.2. The summed E-state index contributed by atoms with van der Waals surface area (Å²) in [5.41, 5.74) is -0.469. The lowest BCUT2D eigenvalue weighted by Crippen LogP contribution is -2.23. The smallest absolute Gasteiger partial charge is 0.308 e. The van der Waals surface area contributed by atoms with Gasteiger partial charge in [-0.2, -0.15) is 0 Å². The van der Waals surface area contributed by atoms with E-state index in [-0.39, 0.29) is 11.5 Å². The second kappa shape index (κ2) is 5.73. The minimum Gasteiger partial charge on any atom is -0.484 e. The van der Waals surface area contributed by atoms with Gasteiger partial charge >= 0.3 is 11.9 Å². The van der Waals surface area contributed by atoms with Gasteiger partial charge in [-0.15, -0.1) is 0 Å². The van der Waals surface area contributed by atoms with E-state index in [9.17, 15) is 9.59 Å². The SMILES string of the molecule is CC(=O)Oc1cccc(OC(C)(C)C)c1OC(C)=O. The van der Waals surface area contributed by atoms with Gasteiger partial charge in [0.25, 0.3) is 0 Å². The molecule has 0 amide bonds. The van der Waals surface area contributed by atoms with Crippen LogP contribution in [0.2, 0.25) is 0 Å². The normalized spacial score (nSPS) is 10.8. The van der Waals surface area contributed by atoms with Crippen molar-refractivity contribution in [2.24, 2.45) is 0 Å². The van der Waals surface area contributed by atoms with Gasteiger partial charge in [0, 0.05) is 13.8 Å². The average Bonchev–Trinajstić information content (AvgIpc) is 2.19. The Hall–Kier alpha value is -2.04. The van der Waals surface area contributed by atoms with E-state index in [2.05, 4.69) is 0 Å². The molecule has 19 heavy (non-hydrogen) atoms. The molecule has 0 heterocycles. The molecule has 0 N–H and O–H groups in total. The van der Waals surface area contributed by atoms with Crippen molar-refractivity contribution in [3.05, 3.63) is 18.2 Å². The molecule has 5 heteroatoms. The Morgan fingerprint density at radius 2 is 1.47 bits per heavy atom. The Kier molecular flexibility index (Phi) is 4.53. The van der Waals surface area contributed by atoms with Gasteiger partial charge in [0.1, 0.15) is 5.60 Å². The van der Waals surface area contributed by atoms with E-state index in [1.807, 2.05) is 20.8 Å². The van der Waals surface area contributed by atoms with E-state index in [0.29, 0.717) is 5.75 Å². The molecule has 0 spiro atoms. The number of ether oxygens (including phenoxy) is 3. The van der Waals surface area contributed by atoms with Gasteiger partial charge in [-0.25, -0.2) is 0 Å². The Morgan fingerprint density at radius 1 is 0.947 bits per heavy atom. The quantitative estimate of drug-likeness (QED) is 0.621. The zero-order valence-corrected chi connectivity index (χ0v) is 11.8. The summed E-state index contributed by atoms with van der Waals surface area (Å²) in [6.07, 6.45) is 0. The first-order valence-corrected chi connectivity index (χ1v) is 5.88. The summed E-state index contributed by atoms with van der Waals surface area (Å²) in [5, 5.41) is 0. The lowest BCUT2D eigenvalue weighted by Gasteiger charge is -2.23. The molecule has 0 radical (unpaired) electrons. The predicted octanol–water partition coefficient (Wildman–Crippen LogP) is 2.71. The van der Waals surface area contributed by atoms with Crippen LogP contribution >= 0.6 is 0 Å². The van der Waals surface area contributed by atoms with Gasteiger partial charge in [-0.3, -0.25) is 9.59 Å². The fourth-order valence-electron chi connectivity index (χ4n) is 1.39. The Labute approximate surface area is 112 Å². The second-order valence-corrected chi connectivity index (χ2v) is 4.99. The molecular formula is C14H18O5. The summed E-state index contributed by atoms with van der Waals surface area (Å²) in [7, 11) is 0. The highest BCUT2D eigenvalue weighted by atomic mass is 16.6. The largest absolute Gasteiger partial charge is 0.484 e. The zero-order chi connectivity index (χ0) is 14.6. The first kappa shape index (κ1) is 15.0. The van der Waals surface area contributed by atoms with Crippen LogP contribution in [0.15, 0.2) is 18.2 Å². The van der Waals surface area contributed by atoms with Gasteiger partial charge in [0.2, 0.25) is 5.75 Å². The van der Waals surface area contributed by atoms with Crippen LogP contribution in [0.3, 0.4) is 0 Å². The van der Waals surface area contributed by atoms with E-state index in [1.54, 1.807) is 12.1 Å². The van der Waals surface area contributed by atoms with Crippen molar-refractivity contribution in [3.8, 4) is 17.2 Å². The van der Waals surface area contributed by atoms with E-state index >= 15 is 0 Å². The zero-order valence-electron chi connectivity index (χ0n) is 11.8. The van der Waals surface area contributed by atoms with Crippen molar-refractivity contribution in [2.45, 2.75) is 40.2 Å². The Bertz CT molecular complexity index is 485. The molecule has 0 unspecified atom stereocenters. The molecule has 1 rings (SSSR count). The first-order chi connectivity index (χ1) is 8.69. The van der Waals surface area contributed by atoms with Gasteiger partial charge in [0.15, 0.2) is 11.5 Å². The van der Waals surface area contributed by atoms with Crippen LogP contribution in [0.25, 0.3) is 0 Å². The van der Waals surface area contributed by atoms with Crippen LogP contribution in [0.5, 0.6) is 17.2 Å². The van der Waals surface area contributed by atoms with Gasteiger partial charge in [-0.1, -0.05) is 6.07 Å². The predicted molar refractivity (Wildman–Crippen MR) is 69.4 cm³/mol. The number of esters is 2. The van der Waals surface area contributed by atoms with Crippen LogP contribution in [-0.4, -0.2) is 17.5 Å². The first-order valence-electron chi connectivity index (χ1n) is 5.88. The van der Waals surface area contributed by atoms with Gasteiger partial charge < -0.3 is 14.2 Å². The lowest BCUT2D eigenvalue weighted by atomic mass is 10.2. The van der Waals surface area contributed by atoms with Crippen molar-refractivity contribution in [1.29, 1.82) is 0 Å². The highest BCUT2D eigenvalue weighted by Crippen LogP contribution is 2.39. The molecule has 0 fully saturated rings. The molecular weight excluding hydrogens is 248 g/mol. The molecule has 1 aromatic carbocycles. The van der Waals surface area contributed by atoms with Crippen LogP contribution in [0.4, 0.5) is 0 Å². The molecule has 0 aliphatic rings. The molecule has 0 aliphatic carbocycles. The van der Waals surface area contributed by atoms with Gasteiger partial charge in [0.05, 0.1) is 0 Å². The van der Waals surface area contributed by atoms with Crippen molar-refractivity contribution in [3.63, 3.8) is 0 Å². The fourth-order valence-corrected chi connectivity index (χ4v) is 1.39. The van der Waals surface area contributed by atoms with E-state index in [1.165, 1.54) is 19.9 Å². The number of hydrogen-bond donors (Lipinski definition) is 0. The third kappa shape index (κ3) is 4.99. The molecule has 104 valence electrons. The minimum atomic E-state index is -0.515. The summed E-state index contributed by atoms with van der Waals surface area (Å²) in [6, 6.07) is 4.85. The topological polar surface area (TPSA) is 61.8 Å². The summed E-state index contributed by atoms with van der Waals surface area (Å²) in [6.45, 7) is 8.13. The number of hydrogen-bond acceptors (Lipinski definition) is 5. The summed E-state index contributed by atoms with van der Waals surface area (Å²) < 4.78 is 15.8. The molecule has 0 saturated heterocycles. The van der Waals surface area contributed by atoms with Crippen LogP contribution in [0.1, 0.15) is 34.6 Å². The molecule has 0 atom stereocenters. The Morgan fingerprint density at radius 3 is 1.95 bits per heavy atom. The van der Waals surface area contributed by atoms with Gasteiger partial charge in [-0.05, 0) is 32.9 Å². The molecule has 0 aliphatic heterocycles. The lowest BCUT2D eigenvalue weighted by molar-refractivity contribution is -0.134. The standard InChI is InChI=1S/C14H18O5/c1-9(15)17-11-7-6-8-12(19-14(3,4)5)13(11)18-10(2)16/h6-8H,1-5H3. The van der Waals surface area contributed by atoms with Crippen LogP contribution in [0, 0.1) is 0 Å². The van der Waals surface area contributed by atoms with E-state index in [4.69, 9.17) is 14.2 Å². The summed E-state index contributed by atoms with van der Waals surface area (Å²) in [5.74, 6) is -0.398. The average molecular weight is 266 g/mol. The number of carbonyl (C=O) groups is 2. The number of benzene rings is 1. The second-order valence-electron chi connectivity index (χ2n) is 4.99. The van der Waals surface area contributed by atoms with Crippen molar-refractivity contribution < 1.29 is 23.8 Å². The highest BCUT2D eigenvalue weighted by Gasteiger charge is 2.20. The number of rotatable bonds is 3. The van der Waals surface area contributed by atoms with Crippen LogP contribution < -0.4 is 14.2 Å². The Balaban J connectivity index is 3.21. The molecule has 0 bridgehead atoms.